The molecular weight excluding hydrogens is 636 g/mol. The van der Waals surface area contributed by atoms with E-state index in [9.17, 15) is 29.1 Å². The van der Waals surface area contributed by atoms with E-state index in [1.165, 1.54) is 0 Å². The molecule has 12 heteroatoms. The van der Waals surface area contributed by atoms with Crippen LogP contribution in [0.25, 0.3) is 0 Å². The predicted molar refractivity (Wildman–Crippen MR) is 183 cm³/mol. The number of nitrogens with one attached hydrogen (secondary N) is 4. The van der Waals surface area contributed by atoms with Gasteiger partial charge in [0.25, 0.3) is 5.91 Å². The summed E-state index contributed by atoms with van der Waals surface area (Å²) < 4.78 is 5.39. The van der Waals surface area contributed by atoms with Gasteiger partial charge in [-0.3, -0.25) is 24.0 Å². The van der Waals surface area contributed by atoms with E-state index in [4.69, 9.17) is 16.3 Å². The Labute approximate surface area is 287 Å². The number of esters is 1. The molecule has 262 valence electrons. The summed E-state index contributed by atoms with van der Waals surface area (Å²) in [6.07, 6.45) is 0.347. The Balaban J connectivity index is 1.93. The Hall–Kier alpha value is -3.96. The first-order valence-electron chi connectivity index (χ1n) is 16.6. The van der Waals surface area contributed by atoms with Crippen LogP contribution in [-0.4, -0.2) is 66.0 Å². The van der Waals surface area contributed by atoms with Crippen LogP contribution in [0.4, 0.5) is 0 Å². The summed E-state index contributed by atoms with van der Waals surface area (Å²) in [4.78, 5) is 65.4. The first-order valence-corrected chi connectivity index (χ1v) is 17.0. The fraction of sp³-hybridized carbons (Fsp3) is 0.528. The molecule has 1 aliphatic heterocycles. The highest BCUT2D eigenvalue weighted by Crippen LogP contribution is 2.45. The van der Waals surface area contributed by atoms with Crippen molar-refractivity contribution in [1.29, 1.82) is 0 Å². The maximum absolute atomic E-state index is 13.9. The van der Waals surface area contributed by atoms with Crippen molar-refractivity contribution in [2.24, 2.45) is 5.92 Å². The van der Waals surface area contributed by atoms with Gasteiger partial charge in [-0.25, -0.2) is 0 Å². The highest BCUT2D eigenvalue weighted by Gasteiger charge is 2.48. The van der Waals surface area contributed by atoms with Crippen LogP contribution >= 0.6 is 11.6 Å². The summed E-state index contributed by atoms with van der Waals surface area (Å²) in [5.74, 6) is -3.23. The van der Waals surface area contributed by atoms with Crippen LogP contribution in [0.2, 0.25) is 5.02 Å². The van der Waals surface area contributed by atoms with Gasteiger partial charge in [0.1, 0.15) is 11.6 Å². The van der Waals surface area contributed by atoms with E-state index >= 15 is 0 Å². The molecule has 2 aromatic carbocycles. The quantitative estimate of drug-likeness (QED) is 0.159. The fourth-order valence-electron chi connectivity index (χ4n) is 6.16. The van der Waals surface area contributed by atoms with Crippen molar-refractivity contribution in [3.63, 3.8) is 0 Å². The van der Waals surface area contributed by atoms with Gasteiger partial charge in [-0.2, -0.15) is 0 Å². The summed E-state index contributed by atoms with van der Waals surface area (Å²) >= 11 is 6.31. The zero-order valence-electron chi connectivity index (χ0n) is 28.4. The van der Waals surface area contributed by atoms with Crippen LogP contribution in [-0.2, 0) is 39.7 Å². The van der Waals surface area contributed by atoms with Crippen LogP contribution in [0.15, 0.2) is 54.6 Å². The second-order valence-corrected chi connectivity index (χ2v) is 13.3. The summed E-state index contributed by atoms with van der Waals surface area (Å²) in [6.45, 7) is 9.20. The Bertz CT molecular complexity index is 1440. The van der Waals surface area contributed by atoms with Crippen molar-refractivity contribution in [1.82, 2.24) is 21.3 Å². The normalized spacial score (nSPS) is 17.6. The third kappa shape index (κ3) is 9.79. The SMILES string of the molecule is CCCC[C@H](NC(=O)CC(O)(c1ccccc1)C(C)(C)c1cccc(Cl)c1)C(=O)N[C@@H](C[C@@H]1CCNC1=O)C(OC(C)=O)C(=O)NCC. The lowest BCUT2D eigenvalue weighted by Gasteiger charge is -2.43. The average Bonchev–Trinajstić information content (AvgIpc) is 3.45. The summed E-state index contributed by atoms with van der Waals surface area (Å²) in [5.41, 5.74) is -1.49. The van der Waals surface area contributed by atoms with Crippen molar-refractivity contribution in [2.45, 2.75) is 102 Å². The van der Waals surface area contributed by atoms with Crippen molar-refractivity contribution < 1.29 is 33.8 Å². The minimum absolute atomic E-state index is 0.0443. The largest absolute Gasteiger partial charge is 0.450 e. The zero-order chi connectivity index (χ0) is 35.5. The maximum Gasteiger partial charge on any atom is 0.303 e. The molecule has 2 aromatic rings. The molecule has 0 aliphatic carbocycles. The Morgan fingerprint density at radius 1 is 1.02 bits per heavy atom. The van der Waals surface area contributed by atoms with Crippen molar-refractivity contribution >= 4 is 41.2 Å². The standard InChI is InChI=1S/C36H49ClN4O7/c1-6-8-17-28(33(45)41-29(20-24-18-19-39-32(24)44)31(48-23(3)42)34(46)38-7-2)40-30(43)22-36(47,25-13-10-9-11-14-25)35(4,5)26-15-12-16-27(37)21-26/h9-16,21,24,28-29,31,47H,6-8,17-20,22H2,1-5H3,(H,38,46)(H,39,44)(H,40,43)(H,41,45)/t24-,28-,29-,31?,36?/m0/s1. The topological polar surface area (TPSA) is 163 Å². The molecule has 1 fully saturated rings. The number of aliphatic hydroxyl groups is 1. The molecule has 11 nitrogen and oxygen atoms in total. The van der Waals surface area contributed by atoms with E-state index in [1.807, 2.05) is 32.9 Å². The zero-order valence-corrected chi connectivity index (χ0v) is 29.2. The van der Waals surface area contributed by atoms with Crippen LogP contribution in [0.3, 0.4) is 0 Å². The van der Waals surface area contributed by atoms with Crippen molar-refractivity contribution in [2.75, 3.05) is 13.1 Å². The number of hydrogen-bond donors (Lipinski definition) is 5. The molecule has 5 atom stereocenters. The lowest BCUT2D eigenvalue weighted by molar-refractivity contribution is -0.157. The third-order valence-corrected chi connectivity index (χ3v) is 9.28. The first kappa shape index (κ1) is 38.5. The van der Waals surface area contributed by atoms with E-state index in [0.717, 1.165) is 18.9 Å². The fourth-order valence-corrected chi connectivity index (χ4v) is 6.35. The second kappa shape index (κ2) is 17.4. The first-order chi connectivity index (χ1) is 22.7. The number of likely N-dealkylation sites (N-methyl/N-ethyl adjacent to an activating group) is 1. The average molecular weight is 685 g/mol. The molecular formula is C36H49ClN4O7. The Morgan fingerprint density at radius 2 is 1.71 bits per heavy atom. The molecule has 5 N–H and O–H groups in total. The summed E-state index contributed by atoms with van der Waals surface area (Å²) in [7, 11) is 0. The van der Waals surface area contributed by atoms with Crippen LogP contribution in [0, 0.1) is 5.92 Å². The smallest absolute Gasteiger partial charge is 0.303 e. The number of benzene rings is 2. The molecule has 0 spiro atoms. The Kier molecular flexibility index (Phi) is 14.0. The number of ether oxygens (including phenoxy) is 1. The highest BCUT2D eigenvalue weighted by molar-refractivity contribution is 6.30. The van der Waals surface area contributed by atoms with Crippen molar-refractivity contribution in [3.8, 4) is 0 Å². The van der Waals surface area contributed by atoms with Gasteiger partial charge < -0.3 is 31.1 Å². The number of amides is 4. The van der Waals surface area contributed by atoms with Gasteiger partial charge in [-0.1, -0.05) is 87.7 Å². The van der Waals surface area contributed by atoms with E-state index in [0.29, 0.717) is 30.0 Å². The molecule has 0 bridgehead atoms. The van der Waals surface area contributed by atoms with Gasteiger partial charge in [-0.05, 0) is 49.4 Å². The van der Waals surface area contributed by atoms with Gasteiger partial charge in [0.05, 0.1) is 12.5 Å². The molecule has 48 heavy (non-hydrogen) atoms. The van der Waals surface area contributed by atoms with Gasteiger partial charge in [0.15, 0.2) is 6.10 Å². The van der Waals surface area contributed by atoms with Gasteiger partial charge >= 0.3 is 5.97 Å². The van der Waals surface area contributed by atoms with E-state index in [1.54, 1.807) is 49.4 Å². The van der Waals surface area contributed by atoms with Gasteiger partial charge in [-0.15, -0.1) is 0 Å². The lowest BCUT2D eigenvalue weighted by Crippen LogP contribution is -2.58. The minimum atomic E-state index is -1.72. The monoisotopic (exact) mass is 684 g/mol. The lowest BCUT2D eigenvalue weighted by atomic mass is 9.65. The summed E-state index contributed by atoms with van der Waals surface area (Å²) in [6, 6.07) is 13.9. The number of rotatable bonds is 17. The molecule has 0 aromatic heterocycles. The molecule has 4 amide bonds. The number of hydrogen-bond acceptors (Lipinski definition) is 7. The second-order valence-electron chi connectivity index (χ2n) is 12.9. The van der Waals surface area contributed by atoms with Crippen LogP contribution < -0.4 is 21.3 Å². The molecule has 3 rings (SSSR count). The van der Waals surface area contributed by atoms with Crippen LogP contribution in [0.5, 0.6) is 0 Å². The summed E-state index contributed by atoms with van der Waals surface area (Å²) in [5, 5.41) is 24.0. The molecule has 1 heterocycles. The minimum Gasteiger partial charge on any atom is -0.450 e. The Morgan fingerprint density at radius 3 is 2.29 bits per heavy atom. The number of halogens is 1. The van der Waals surface area contributed by atoms with E-state index in [2.05, 4.69) is 21.3 Å². The van der Waals surface area contributed by atoms with Gasteiger partial charge in [0, 0.05) is 36.4 Å². The molecule has 0 radical (unpaired) electrons. The van der Waals surface area contributed by atoms with Crippen LogP contribution in [0.1, 0.15) is 84.3 Å². The van der Waals surface area contributed by atoms with Crippen molar-refractivity contribution in [3.05, 3.63) is 70.7 Å². The predicted octanol–water partition coefficient (Wildman–Crippen LogP) is 3.65. The highest BCUT2D eigenvalue weighted by atomic mass is 35.5. The molecule has 0 saturated carbocycles. The van der Waals surface area contributed by atoms with E-state index < -0.39 is 58.8 Å². The molecule has 1 saturated heterocycles. The molecule has 2 unspecified atom stereocenters. The maximum atomic E-state index is 13.9. The van der Waals surface area contributed by atoms with Gasteiger partial charge in [0.2, 0.25) is 17.7 Å². The number of unbranched alkanes of at least 4 members (excludes halogenated alkanes) is 1. The third-order valence-electron chi connectivity index (χ3n) is 9.04. The number of carbonyl (C=O) groups excluding carboxylic acids is 5. The number of carbonyl (C=O) groups is 5. The van der Waals surface area contributed by atoms with E-state index in [-0.39, 0.29) is 31.7 Å². The molecule has 1 aliphatic rings.